The summed E-state index contributed by atoms with van der Waals surface area (Å²) in [6, 6.07) is 0.622. The number of halogens is 2. The van der Waals surface area contributed by atoms with Crippen LogP contribution >= 0.6 is 24.8 Å². The molecule has 3 fully saturated rings. The highest BCUT2D eigenvalue weighted by atomic mass is 35.5. The zero-order valence-electron chi connectivity index (χ0n) is 13.4. The fourth-order valence-corrected chi connectivity index (χ4v) is 4.40. The standard InChI is InChI=1S/C16H29N3O.2ClH/c17-11-13-5-4-6-15(13)16(20)19-10-7-14(12-19)18-8-2-1-3-9-18;;/h13-15H,1-12,17H2;2*1H/t13-,14?,15-;;/m1../s1. The SMILES string of the molecule is Cl.Cl.NC[C@H]1CCC[C@H]1C(=O)N1CCC(N2CCCCC2)C1. The highest BCUT2D eigenvalue weighted by Gasteiger charge is 2.38. The van der Waals surface area contributed by atoms with Crippen LogP contribution in [0.2, 0.25) is 0 Å². The molecule has 1 aliphatic carbocycles. The molecule has 3 atom stereocenters. The smallest absolute Gasteiger partial charge is 0.226 e. The van der Waals surface area contributed by atoms with Gasteiger partial charge in [-0.15, -0.1) is 24.8 Å². The van der Waals surface area contributed by atoms with E-state index < -0.39 is 0 Å². The van der Waals surface area contributed by atoms with Crippen LogP contribution in [0.1, 0.15) is 44.9 Å². The van der Waals surface area contributed by atoms with Gasteiger partial charge in [0.2, 0.25) is 5.91 Å². The molecule has 1 saturated carbocycles. The Balaban J connectivity index is 0.00000121. The summed E-state index contributed by atoms with van der Waals surface area (Å²) in [6.45, 7) is 5.09. The second-order valence-corrected chi connectivity index (χ2v) is 6.86. The number of piperidine rings is 1. The van der Waals surface area contributed by atoms with E-state index in [1.165, 1.54) is 45.2 Å². The highest BCUT2D eigenvalue weighted by Crippen LogP contribution is 2.33. The maximum absolute atomic E-state index is 12.7. The second kappa shape index (κ2) is 9.31. The zero-order chi connectivity index (χ0) is 13.9. The van der Waals surface area contributed by atoms with Crippen molar-refractivity contribution in [2.24, 2.45) is 17.6 Å². The topological polar surface area (TPSA) is 49.6 Å². The minimum atomic E-state index is 0. The summed E-state index contributed by atoms with van der Waals surface area (Å²) in [5.41, 5.74) is 5.83. The maximum Gasteiger partial charge on any atom is 0.226 e. The molecule has 22 heavy (non-hydrogen) atoms. The fourth-order valence-electron chi connectivity index (χ4n) is 4.40. The van der Waals surface area contributed by atoms with E-state index in [2.05, 4.69) is 9.80 Å². The van der Waals surface area contributed by atoms with Gasteiger partial charge in [-0.25, -0.2) is 0 Å². The predicted molar refractivity (Wildman–Crippen MR) is 94.8 cm³/mol. The lowest BCUT2D eigenvalue weighted by Gasteiger charge is -2.32. The molecule has 2 aliphatic heterocycles. The Hall–Kier alpha value is -0.0300. The molecule has 1 amide bonds. The monoisotopic (exact) mass is 351 g/mol. The van der Waals surface area contributed by atoms with Crippen molar-refractivity contribution in [1.29, 1.82) is 0 Å². The molecule has 0 aromatic heterocycles. The van der Waals surface area contributed by atoms with E-state index in [1.807, 2.05) is 0 Å². The molecule has 2 heterocycles. The summed E-state index contributed by atoms with van der Waals surface area (Å²) in [5, 5.41) is 0. The number of hydrogen-bond donors (Lipinski definition) is 1. The van der Waals surface area contributed by atoms with E-state index in [-0.39, 0.29) is 30.7 Å². The molecule has 3 aliphatic rings. The summed E-state index contributed by atoms with van der Waals surface area (Å²) >= 11 is 0. The normalized spacial score (nSPS) is 32.4. The Labute approximate surface area is 147 Å². The van der Waals surface area contributed by atoms with Crippen molar-refractivity contribution in [3.63, 3.8) is 0 Å². The van der Waals surface area contributed by atoms with Gasteiger partial charge >= 0.3 is 0 Å². The van der Waals surface area contributed by atoms with Crippen molar-refractivity contribution in [3.05, 3.63) is 0 Å². The van der Waals surface area contributed by atoms with Crippen LogP contribution in [0.3, 0.4) is 0 Å². The number of carbonyl (C=O) groups excluding carboxylic acids is 1. The van der Waals surface area contributed by atoms with E-state index in [9.17, 15) is 4.79 Å². The predicted octanol–water partition coefficient (Wildman–Crippen LogP) is 2.29. The van der Waals surface area contributed by atoms with Gasteiger partial charge in [-0.05, 0) is 57.7 Å². The molecular formula is C16H31Cl2N3O. The first-order valence-electron chi connectivity index (χ1n) is 8.52. The number of amides is 1. The van der Waals surface area contributed by atoms with E-state index in [0.29, 0.717) is 24.4 Å². The van der Waals surface area contributed by atoms with Crippen molar-refractivity contribution in [2.45, 2.75) is 51.0 Å². The lowest BCUT2D eigenvalue weighted by molar-refractivity contribution is -0.135. The first kappa shape index (κ1) is 20.0. The zero-order valence-corrected chi connectivity index (χ0v) is 15.0. The van der Waals surface area contributed by atoms with Crippen LogP contribution in [0, 0.1) is 11.8 Å². The first-order valence-corrected chi connectivity index (χ1v) is 8.52. The van der Waals surface area contributed by atoms with Gasteiger partial charge in [-0.2, -0.15) is 0 Å². The third kappa shape index (κ3) is 4.28. The molecule has 6 heteroatoms. The summed E-state index contributed by atoms with van der Waals surface area (Å²) in [6.07, 6.45) is 8.62. The van der Waals surface area contributed by atoms with Gasteiger partial charge in [0, 0.05) is 25.0 Å². The number of nitrogens with zero attached hydrogens (tertiary/aromatic N) is 2. The minimum absolute atomic E-state index is 0. The van der Waals surface area contributed by atoms with E-state index in [1.54, 1.807) is 0 Å². The first-order chi connectivity index (χ1) is 9.79. The Kier molecular flexibility index (Phi) is 8.47. The summed E-state index contributed by atoms with van der Waals surface area (Å²) in [4.78, 5) is 17.5. The molecule has 0 bridgehead atoms. The largest absolute Gasteiger partial charge is 0.341 e. The average Bonchev–Trinajstić information content (AvgIpc) is 3.16. The Morgan fingerprint density at radius 3 is 2.36 bits per heavy atom. The number of rotatable bonds is 3. The van der Waals surface area contributed by atoms with E-state index >= 15 is 0 Å². The van der Waals surface area contributed by atoms with Crippen molar-refractivity contribution in [3.8, 4) is 0 Å². The van der Waals surface area contributed by atoms with Gasteiger partial charge in [-0.3, -0.25) is 9.69 Å². The van der Waals surface area contributed by atoms with Gasteiger partial charge in [0.25, 0.3) is 0 Å². The summed E-state index contributed by atoms with van der Waals surface area (Å²) in [7, 11) is 0. The molecule has 4 nitrogen and oxygen atoms in total. The lowest BCUT2D eigenvalue weighted by atomic mass is 9.95. The van der Waals surface area contributed by atoms with Crippen molar-refractivity contribution < 1.29 is 4.79 Å². The van der Waals surface area contributed by atoms with Gasteiger partial charge < -0.3 is 10.6 Å². The number of nitrogens with two attached hydrogens (primary N) is 1. The van der Waals surface area contributed by atoms with Crippen LogP contribution in [0.5, 0.6) is 0 Å². The van der Waals surface area contributed by atoms with Gasteiger partial charge in [-0.1, -0.05) is 12.8 Å². The molecule has 2 N–H and O–H groups in total. The third-order valence-corrected chi connectivity index (χ3v) is 5.66. The lowest BCUT2D eigenvalue weighted by Crippen LogP contribution is -2.43. The van der Waals surface area contributed by atoms with Crippen LogP contribution in [0.25, 0.3) is 0 Å². The van der Waals surface area contributed by atoms with Crippen LogP contribution in [-0.4, -0.2) is 54.5 Å². The van der Waals surface area contributed by atoms with Crippen molar-refractivity contribution >= 4 is 30.7 Å². The third-order valence-electron chi connectivity index (χ3n) is 5.66. The molecule has 3 rings (SSSR count). The van der Waals surface area contributed by atoms with Gasteiger partial charge in [0.1, 0.15) is 0 Å². The number of carbonyl (C=O) groups is 1. The van der Waals surface area contributed by atoms with Crippen LogP contribution in [-0.2, 0) is 4.79 Å². The molecule has 0 radical (unpaired) electrons. The Bertz CT molecular complexity index is 350. The molecule has 0 aromatic carbocycles. The van der Waals surface area contributed by atoms with E-state index in [0.717, 1.165) is 25.9 Å². The molecule has 0 spiro atoms. The molecule has 1 unspecified atom stereocenters. The van der Waals surface area contributed by atoms with E-state index in [4.69, 9.17) is 5.73 Å². The van der Waals surface area contributed by atoms with Crippen LogP contribution < -0.4 is 5.73 Å². The van der Waals surface area contributed by atoms with Gasteiger partial charge in [0.05, 0.1) is 0 Å². The number of likely N-dealkylation sites (tertiary alicyclic amines) is 2. The molecule has 2 saturated heterocycles. The van der Waals surface area contributed by atoms with Crippen molar-refractivity contribution in [2.75, 3.05) is 32.7 Å². The highest BCUT2D eigenvalue weighted by molar-refractivity contribution is 5.85. The fraction of sp³-hybridized carbons (Fsp3) is 0.938. The van der Waals surface area contributed by atoms with Crippen LogP contribution in [0.15, 0.2) is 0 Å². The maximum atomic E-state index is 12.7. The minimum Gasteiger partial charge on any atom is -0.341 e. The molecular weight excluding hydrogens is 321 g/mol. The van der Waals surface area contributed by atoms with Crippen molar-refractivity contribution in [1.82, 2.24) is 9.80 Å². The van der Waals surface area contributed by atoms with Crippen LogP contribution in [0.4, 0.5) is 0 Å². The van der Waals surface area contributed by atoms with Gasteiger partial charge in [0.15, 0.2) is 0 Å². The molecule has 0 aromatic rings. The Morgan fingerprint density at radius 1 is 0.955 bits per heavy atom. The second-order valence-electron chi connectivity index (χ2n) is 6.86. The average molecular weight is 352 g/mol. The molecule has 130 valence electrons. The quantitative estimate of drug-likeness (QED) is 0.848. The summed E-state index contributed by atoms with van der Waals surface area (Å²) in [5.74, 6) is 1.06. The Morgan fingerprint density at radius 2 is 1.68 bits per heavy atom. The number of hydrogen-bond acceptors (Lipinski definition) is 3. The summed E-state index contributed by atoms with van der Waals surface area (Å²) < 4.78 is 0.